The van der Waals surface area contributed by atoms with Gasteiger partial charge in [0, 0.05) is 30.7 Å². The third kappa shape index (κ3) is 1.66. The van der Waals surface area contributed by atoms with Gasteiger partial charge in [-0.25, -0.2) is 0 Å². The van der Waals surface area contributed by atoms with Crippen molar-refractivity contribution in [2.45, 2.75) is 12.0 Å². The zero-order chi connectivity index (χ0) is 9.26. The maximum absolute atomic E-state index is 5.96. The Balaban J connectivity index is 2.24. The van der Waals surface area contributed by atoms with Crippen LogP contribution >= 0.6 is 0 Å². The summed E-state index contributed by atoms with van der Waals surface area (Å²) in [6.45, 7) is 1.87. The van der Waals surface area contributed by atoms with Crippen LogP contribution in [-0.2, 0) is 0 Å². The fraction of sp³-hybridized carbons (Fsp3) is 0.400. The van der Waals surface area contributed by atoms with E-state index in [0.29, 0.717) is 5.92 Å². The smallest absolute Gasteiger partial charge is 0.0316 e. The Morgan fingerprint density at radius 1 is 1.31 bits per heavy atom. The Labute approximate surface area is 78.1 Å². The molecule has 0 spiro atoms. The average molecular weight is 177 g/mol. The highest BCUT2D eigenvalue weighted by Gasteiger charge is 2.24. The van der Waals surface area contributed by atoms with Gasteiger partial charge in [-0.3, -0.25) is 0 Å². The molecule has 0 aliphatic carbocycles. The van der Waals surface area contributed by atoms with E-state index in [1.165, 1.54) is 5.56 Å². The molecule has 3 heteroatoms. The van der Waals surface area contributed by atoms with Crippen LogP contribution in [0.5, 0.6) is 0 Å². The normalized spacial score (nSPS) is 27.8. The van der Waals surface area contributed by atoms with Gasteiger partial charge in [-0.1, -0.05) is 12.1 Å². The number of anilines is 1. The van der Waals surface area contributed by atoms with E-state index in [1.807, 2.05) is 18.2 Å². The van der Waals surface area contributed by atoms with Crippen LogP contribution in [0.2, 0.25) is 0 Å². The molecule has 2 atom stereocenters. The third-order valence-electron chi connectivity index (χ3n) is 2.60. The largest absolute Gasteiger partial charge is 0.399 e. The molecule has 1 aliphatic heterocycles. The number of nitrogen functional groups attached to an aromatic ring is 1. The van der Waals surface area contributed by atoms with Crippen LogP contribution in [0.3, 0.4) is 0 Å². The minimum Gasteiger partial charge on any atom is -0.399 e. The zero-order valence-electron chi connectivity index (χ0n) is 7.53. The molecule has 70 valence electrons. The zero-order valence-corrected chi connectivity index (χ0v) is 7.53. The van der Waals surface area contributed by atoms with Crippen molar-refractivity contribution in [2.24, 2.45) is 5.73 Å². The lowest BCUT2D eigenvalue weighted by Gasteiger charge is -2.14. The summed E-state index contributed by atoms with van der Waals surface area (Å²) in [5.41, 5.74) is 13.7. The maximum Gasteiger partial charge on any atom is 0.0316 e. The summed E-state index contributed by atoms with van der Waals surface area (Å²) >= 11 is 0. The summed E-state index contributed by atoms with van der Waals surface area (Å²) in [5.74, 6) is 0.420. The van der Waals surface area contributed by atoms with Crippen molar-refractivity contribution < 1.29 is 0 Å². The van der Waals surface area contributed by atoms with E-state index < -0.39 is 0 Å². The molecular formula is C10H15N3. The second-order valence-corrected chi connectivity index (χ2v) is 3.60. The molecule has 13 heavy (non-hydrogen) atoms. The van der Waals surface area contributed by atoms with E-state index in [-0.39, 0.29) is 6.04 Å². The summed E-state index contributed by atoms with van der Waals surface area (Å²) in [7, 11) is 0. The van der Waals surface area contributed by atoms with Crippen molar-refractivity contribution in [2.75, 3.05) is 18.8 Å². The Bertz CT molecular complexity index is 298. The van der Waals surface area contributed by atoms with Crippen molar-refractivity contribution >= 4 is 5.69 Å². The molecule has 1 heterocycles. The van der Waals surface area contributed by atoms with Crippen molar-refractivity contribution in [3.05, 3.63) is 29.8 Å². The van der Waals surface area contributed by atoms with E-state index in [4.69, 9.17) is 11.5 Å². The lowest BCUT2D eigenvalue weighted by atomic mass is 9.95. The monoisotopic (exact) mass is 177 g/mol. The molecule has 0 radical (unpaired) electrons. The number of hydrogen-bond donors (Lipinski definition) is 3. The minimum absolute atomic E-state index is 0.224. The van der Waals surface area contributed by atoms with Crippen LogP contribution in [0.15, 0.2) is 24.3 Å². The van der Waals surface area contributed by atoms with Crippen molar-refractivity contribution in [1.82, 2.24) is 5.32 Å². The molecule has 1 aromatic rings. The molecule has 0 aromatic heterocycles. The Morgan fingerprint density at radius 2 is 2.15 bits per heavy atom. The van der Waals surface area contributed by atoms with Gasteiger partial charge in [0.25, 0.3) is 0 Å². The molecule has 1 saturated heterocycles. The van der Waals surface area contributed by atoms with E-state index in [0.717, 1.165) is 18.8 Å². The molecular weight excluding hydrogens is 162 g/mol. The number of nitrogens with one attached hydrogen (secondary N) is 1. The Morgan fingerprint density at radius 3 is 2.77 bits per heavy atom. The topological polar surface area (TPSA) is 64.1 Å². The molecule has 0 amide bonds. The summed E-state index contributed by atoms with van der Waals surface area (Å²) in [6, 6.07) is 8.21. The molecule has 0 saturated carbocycles. The lowest BCUT2D eigenvalue weighted by Crippen LogP contribution is -2.27. The second-order valence-electron chi connectivity index (χ2n) is 3.60. The first-order chi connectivity index (χ1) is 6.27. The second kappa shape index (κ2) is 3.36. The summed E-state index contributed by atoms with van der Waals surface area (Å²) in [5, 5.41) is 3.27. The number of nitrogens with two attached hydrogens (primary N) is 2. The summed E-state index contributed by atoms with van der Waals surface area (Å²) < 4.78 is 0. The van der Waals surface area contributed by atoms with E-state index in [1.54, 1.807) is 0 Å². The van der Waals surface area contributed by atoms with Gasteiger partial charge in [-0.05, 0) is 17.7 Å². The van der Waals surface area contributed by atoms with Gasteiger partial charge in [0.05, 0.1) is 0 Å². The van der Waals surface area contributed by atoms with Gasteiger partial charge in [0.15, 0.2) is 0 Å². The Kier molecular flexibility index (Phi) is 2.20. The Hall–Kier alpha value is -1.06. The van der Waals surface area contributed by atoms with Crippen molar-refractivity contribution in [3.8, 4) is 0 Å². The minimum atomic E-state index is 0.224. The first-order valence-electron chi connectivity index (χ1n) is 4.59. The highest BCUT2D eigenvalue weighted by Crippen LogP contribution is 2.22. The standard InChI is InChI=1S/C10H15N3/c11-8-3-1-2-7(4-8)9-5-13-6-10(9)12/h1-4,9-10,13H,5-6,11-12H2. The first-order valence-corrected chi connectivity index (χ1v) is 4.59. The van der Waals surface area contributed by atoms with Crippen LogP contribution in [0.25, 0.3) is 0 Å². The van der Waals surface area contributed by atoms with E-state index in [2.05, 4.69) is 11.4 Å². The van der Waals surface area contributed by atoms with Crippen LogP contribution in [-0.4, -0.2) is 19.1 Å². The molecule has 3 nitrogen and oxygen atoms in total. The van der Waals surface area contributed by atoms with Gasteiger partial charge >= 0.3 is 0 Å². The number of benzene rings is 1. The third-order valence-corrected chi connectivity index (χ3v) is 2.60. The molecule has 1 fully saturated rings. The van der Waals surface area contributed by atoms with Crippen LogP contribution < -0.4 is 16.8 Å². The van der Waals surface area contributed by atoms with Gasteiger partial charge in [0.1, 0.15) is 0 Å². The van der Waals surface area contributed by atoms with Gasteiger partial charge in [-0.15, -0.1) is 0 Å². The number of hydrogen-bond acceptors (Lipinski definition) is 3. The molecule has 0 bridgehead atoms. The van der Waals surface area contributed by atoms with Gasteiger partial charge in [-0.2, -0.15) is 0 Å². The quantitative estimate of drug-likeness (QED) is 0.540. The maximum atomic E-state index is 5.96. The lowest BCUT2D eigenvalue weighted by molar-refractivity contribution is 0.654. The fourth-order valence-electron chi connectivity index (χ4n) is 1.85. The summed E-state index contributed by atoms with van der Waals surface area (Å²) in [4.78, 5) is 0. The first kappa shape index (κ1) is 8.53. The van der Waals surface area contributed by atoms with Crippen molar-refractivity contribution in [3.63, 3.8) is 0 Å². The average Bonchev–Trinajstić information content (AvgIpc) is 2.51. The van der Waals surface area contributed by atoms with Crippen LogP contribution in [0.4, 0.5) is 5.69 Å². The highest BCUT2D eigenvalue weighted by atomic mass is 15.0. The molecule has 2 unspecified atom stereocenters. The molecule has 1 aromatic carbocycles. The van der Waals surface area contributed by atoms with E-state index >= 15 is 0 Å². The highest BCUT2D eigenvalue weighted by molar-refractivity contribution is 5.42. The predicted molar refractivity (Wildman–Crippen MR) is 54.4 cm³/mol. The van der Waals surface area contributed by atoms with Gasteiger partial charge in [0.2, 0.25) is 0 Å². The predicted octanol–water partition coefficient (Wildman–Crippen LogP) is 0.283. The number of rotatable bonds is 1. The van der Waals surface area contributed by atoms with Crippen LogP contribution in [0.1, 0.15) is 11.5 Å². The molecule has 5 N–H and O–H groups in total. The summed E-state index contributed by atoms with van der Waals surface area (Å²) in [6.07, 6.45) is 0. The van der Waals surface area contributed by atoms with Crippen molar-refractivity contribution in [1.29, 1.82) is 0 Å². The molecule has 1 aliphatic rings. The SMILES string of the molecule is Nc1cccc(C2CNCC2N)c1. The van der Waals surface area contributed by atoms with Crippen LogP contribution in [0, 0.1) is 0 Å². The fourth-order valence-corrected chi connectivity index (χ4v) is 1.85. The van der Waals surface area contributed by atoms with E-state index in [9.17, 15) is 0 Å². The van der Waals surface area contributed by atoms with Gasteiger partial charge < -0.3 is 16.8 Å². The molecule has 2 rings (SSSR count).